The fourth-order valence-corrected chi connectivity index (χ4v) is 3.00. The summed E-state index contributed by atoms with van der Waals surface area (Å²) in [6, 6.07) is 6.52. The van der Waals surface area contributed by atoms with E-state index in [0.717, 1.165) is 17.4 Å². The number of carboxylic acid groups (broad SMARTS) is 1. The molecule has 134 valence electrons. The predicted octanol–water partition coefficient (Wildman–Crippen LogP) is 3.43. The highest BCUT2D eigenvalue weighted by Crippen LogP contribution is 2.30. The smallest absolute Gasteiger partial charge is 0.339 e. The number of nitrogens with one attached hydrogen (secondary N) is 1. The van der Waals surface area contributed by atoms with E-state index in [4.69, 9.17) is 9.84 Å². The van der Waals surface area contributed by atoms with Gasteiger partial charge in [0.05, 0.1) is 4.70 Å². The van der Waals surface area contributed by atoms with Crippen LogP contribution in [0.1, 0.15) is 10.4 Å². The van der Waals surface area contributed by atoms with Gasteiger partial charge >= 0.3 is 5.97 Å². The highest BCUT2D eigenvalue weighted by molar-refractivity contribution is 7.22. The highest BCUT2D eigenvalue weighted by Gasteiger charge is 2.18. The molecule has 1 amide bonds. The van der Waals surface area contributed by atoms with Crippen molar-refractivity contribution in [3.05, 3.63) is 53.3 Å². The Bertz CT molecular complexity index is 1020. The largest absolute Gasteiger partial charge is 0.483 e. The van der Waals surface area contributed by atoms with E-state index in [2.05, 4.69) is 10.3 Å². The molecule has 0 fully saturated rings. The number of hydrogen-bond donors (Lipinski definition) is 2. The van der Waals surface area contributed by atoms with Gasteiger partial charge in [0.2, 0.25) is 0 Å². The third-order valence-corrected chi connectivity index (χ3v) is 4.16. The zero-order valence-electron chi connectivity index (χ0n) is 12.8. The number of hydrogen-bond acceptors (Lipinski definition) is 5. The van der Waals surface area contributed by atoms with Gasteiger partial charge in [-0.2, -0.15) is 0 Å². The Labute approximate surface area is 147 Å². The Morgan fingerprint density at radius 1 is 1.19 bits per heavy atom. The van der Waals surface area contributed by atoms with Crippen molar-refractivity contribution in [2.75, 3.05) is 11.9 Å². The van der Waals surface area contributed by atoms with E-state index < -0.39 is 41.5 Å². The highest BCUT2D eigenvalue weighted by atomic mass is 32.1. The molecule has 3 rings (SSSR count). The van der Waals surface area contributed by atoms with E-state index in [1.807, 2.05) is 0 Å². The Morgan fingerprint density at radius 2 is 1.92 bits per heavy atom. The van der Waals surface area contributed by atoms with Gasteiger partial charge in [0.25, 0.3) is 5.91 Å². The number of amides is 1. The standard InChI is InChI=1S/C16H9F3N2O4S/c17-8-5-10-14(13(19)12(8)18)21-16(26-10)20-11(22)6-25-9-4-2-1-3-7(9)15(23)24/h1-5H,6H2,(H,23,24)(H,20,21,22). The molecular formula is C16H9F3N2O4S. The molecule has 0 bridgehead atoms. The molecule has 6 nitrogen and oxygen atoms in total. The molecule has 0 saturated carbocycles. The van der Waals surface area contributed by atoms with Gasteiger partial charge in [0, 0.05) is 0 Å². The quantitative estimate of drug-likeness (QED) is 0.660. The van der Waals surface area contributed by atoms with Gasteiger partial charge in [-0.3, -0.25) is 10.1 Å². The number of thiazole rings is 1. The molecule has 0 unspecified atom stereocenters. The summed E-state index contributed by atoms with van der Waals surface area (Å²) in [6.45, 7) is -0.536. The van der Waals surface area contributed by atoms with E-state index in [9.17, 15) is 22.8 Å². The van der Waals surface area contributed by atoms with Crippen molar-refractivity contribution in [2.45, 2.75) is 0 Å². The van der Waals surface area contributed by atoms with Crippen molar-refractivity contribution in [2.24, 2.45) is 0 Å². The minimum absolute atomic E-state index is 0.00497. The average Bonchev–Trinajstić information content (AvgIpc) is 3.00. The first-order valence-electron chi connectivity index (χ1n) is 7.06. The molecule has 1 heterocycles. The van der Waals surface area contributed by atoms with Crippen LogP contribution in [-0.2, 0) is 4.79 Å². The Kier molecular flexibility index (Phi) is 4.76. The molecule has 0 atom stereocenters. The Morgan fingerprint density at radius 3 is 2.65 bits per heavy atom. The number of carbonyl (C=O) groups is 2. The van der Waals surface area contributed by atoms with E-state index >= 15 is 0 Å². The van der Waals surface area contributed by atoms with Crippen molar-refractivity contribution in [3.8, 4) is 5.75 Å². The van der Waals surface area contributed by atoms with Crippen LogP contribution in [0.2, 0.25) is 0 Å². The minimum Gasteiger partial charge on any atom is -0.483 e. The van der Waals surface area contributed by atoms with Crippen molar-refractivity contribution in [1.29, 1.82) is 0 Å². The first-order valence-corrected chi connectivity index (χ1v) is 7.87. The summed E-state index contributed by atoms with van der Waals surface area (Å²) >= 11 is 0.753. The predicted molar refractivity (Wildman–Crippen MR) is 87.0 cm³/mol. The lowest BCUT2D eigenvalue weighted by Gasteiger charge is -2.08. The number of halogens is 3. The maximum absolute atomic E-state index is 13.6. The fraction of sp³-hybridized carbons (Fsp3) is 0.0625. The zero-order chi connectivity index (χ0) is 18.8. The first kappa shape index (κ1) is 17.7. The second-order valence-electron chi connectivity index (χ2n) is 4.99. The van der Waals surface area contributed by atoms with E-state index in [1.54, 1.807) is 6.07 Å². The van der Waals surface area contributed by atoms with Crippen LogP contribution in [0.3, 0.4) is 0 Å². The monoisotopic (exact) mass is 382 g/mol. The van der Waals surface area contributed by atoms with Gasteiger partial charge in [-0.1, -0.05) is 23.5 Å². The molecule has 0 aliphatic carbocycles. The molecule has 10 heteroatoms. The van der Waals surface area contributed by atoms with Crippen molar-refractivity contribution in [1.82, 2.24) is 4.98 Å². The molecule has 2 N–H and O–H groups in total. The van der Waals surface area contributed by atoms with Crippen LogP contribution in [0.4, 0.5) is 18.3 Å². The van der Waals surface area contributed by atoms with Crippen LogP contribution in [0.5, 0.6) is 5.75 Å². The summed E-state index contributed by atoms with van der Waals surface area (Å²) in [5.74, 6) is -6.37. The molecule has 3 aromatic rings. The summed E-state index contributed by atoms with van der Waals surface area (Å²) < 4.78 is 45.2. The number of benzene rings is 2. The van der Waals surface area contributed by atoms with E-state index in [0.29, 0.717) is 0 Å². The zero-order valence-corrected chi connectivity index (χ0v) is 13.6. The number of fused-ring (bicyclic) bond motifs is 1. The number of carbonyl (C=O) groups excluding carboxylic acids is 1. The normalized spacial score (nSPS) is 10.7. The number of ether oxygens (including phenoxy) is 1. The molecule has 0 spiro atoms. The molecule has 0 radical (unpaired) electrons. The van der Waals surface area contributed by atoms with Gasteiger partial charge in [-0.25, -0.2) is 22.9 Å². The lowest BCUT2D eigenvalue weighted by molar-refractivity contribution is -0.118. The van der Waals surface area contributed by atoms with Gasteiger partial charge in [0.15, 0.2) is 29.2 Å². The molecule has 0 aliphatic heterocycles. The van der Waals surface area contributed by atoms with Gasteiger partial charge in [-0.05, 0) is 18.2 Å². The maximum atomic E-state index is 13.6. The van der Waals surface area contributed by atoms with Crippen molar-refractivity contribution < 1.29 is 32.6 Å². The van der Waals surface area contributed by atoms with Crippen LogP contribution in [0.15, 0.2) is 30.3 Å². The molecule has 26 heavy (non-hydrogen) atoms. The molecule has 2 aromatic carbocycles. The van der Waals surface area contributed by atoms with Crippen LogP contribution in [0.25, 0.3) is 10.2 Å². The SMILES string of the molecule is O=C(COc1ccccc1C(=O)O)Nc1nc2c(F)c(F)c(F)cc2s1. The van der Waals surface area contributed by atoms with E-state index in [1.165, 1.54) is 18.2 Å². The van der Waals surface area contributed by atoms with Crippen molar-refractivity contribution in [3.63, 3.8) is 0 Å². The summed E-state index contributed by atoms with van der Waals surface area (Å²) in [4.78, 5) is 26.7. The third kappa shape index (κ3) is 3.45. The fourth-order valence-electron chi connectivity index (χ4n) is 2.10. The Hall–Kier alpha value is -3.14. The molecular weight excluding hydrogens is 373 g/mol. The maximum Gasteiger partial charge on any atom is 0.339 e. The number of nitrogens with zero attached hydrogens (tertiary/aromatic N) is 1. The number of carboxylic acids is 1. The van der Waals surface area contributed by atoms with Crippen LogP contribution in [-0.4, -0.2) is 28.6 Å². The number of rotatable bonds is 5. The summed E-state index contributed by atoms with van der Waals surface area (Å²) in [5, 5.41) is 11.3. The molecule has 1 aromatic heterocycles. The lowest BCUT2D eigenvalue weighted by atomic mass is 10.2. The summed E-state index contributed by atoms with van der Waals surface area (Å²) in [5.41, 5.74) is -0.519. The molecule has 0 aliphatic rings. The third-order valence-electron chi connectivity index (χ3n) is 3.24. The lowest BCUT2D eigenvalue weighted by Crippen LogP contribution is -2.20. The summed E-state index contributed by atoms with van der Waals surface area (Å²) in [6.07, 6.45) is 0. The average molecular weight is 382 g/mol. The van der Waals surface area contributed by atoms with Crippen molar-refractivity contribution >= 4 is 38.6 Å². The van der Waals surface area contributed by atoms with Crippen LogP contribution < -0.4 is 10.1 Å². The number of para-hydroxylation sites is 1. The number of aromatic carboxylic acids is 1. The topological polar surface area (TPSA) is 88.5 Å². The van der Waals surface area contributed by atoms with Crippen LogP contribution in [0, 0.1) is 17.5 Å². The first-order chi connectivity index (χ1) is 12.4. The van der Waals surface area contributed by atoms with Gasteiger partial charge in [0.1, 0.15) is 16.8 Å². The summed E-state index contributed by atoms with van der Waals surface area (Å²) in [7, 11) is 0. The van der Waals surface area contributed by atoms with Gasteiger partial charge < -0.3 is 9.84 Å². The van der Waals surface area contributed by atoms with Crippen LogP contribution >= 0.6 is 11.3 Å². The number of anilines is 1. The Balaban J connectivity index is 1.72. The van der Waals surface area contributed by atoms with Gasteiger partial charge in [-0.15, -0.1) is 0 Å². The molecule has 0 saturated heterocycles. The van der Waals surface area contributed by atoms with E-state index in [-0.39, 0.29) is 21.1 Å². The second-order valence-corrected chi connectivity index (χ2v) is 6.02. The second kappa shape index (κ2) is 7.00. The number of aromatic nitrogens is 1. The minimum atomic E-state index is -1.64.